The fraction of sp³-hybridized carbons (Fsp3) is 0.548. The first-order valence-corrected chi connectivity index (χ1v) is 31.3. The summed E-state index contributed by atoms with van der Waals surface area (Å²) in [5.74, 6) is -0.993. The SMILES string of the molecule is CC/C=C\C/C=C\C/C=C\C/C=C\C/C=C\C/C=C\CCCCCCCCC(=O)OCC(COC(=O)CCCCC/C=C\C/C=C\C/C=C\CC)OC(=O)CCCCCC/C=C\C/C=C\C/C=C\C/C=C\C/C=C\C/C=C\CC. The summed E-state index contributed by atoms with van der Waals surface area (Å²) in [6.45, 7) is 6.22. The zero-order valence-corrected chi connectivity index (χ0v) is 50.3. The maximum absolute atomic E-state index is 12.9. The summed E-state index contributed by atoms with van der Waals surface area (Å²) < 4.78 is 16.8. The van der Waals surface area contributed by atoms with Crippen LogP contribution in [0.5, 0.6) is 0 Å². The molecule has 0 aliphatic carbocycles. The number of allylic oxidation sites excluding steroid dienone is 30. The van der Waals surface area contributed by atoms with E-state index < -0.39 is 6.10 Å². The van der Waals surface area contributed by atoms with Gasteiger partial charge in [0, 0.05) is 19.3 Å². The number of hydrogen-bond acceptors (Lipinski definition) is 6. The second kappa shape index (κ2) is 65.0. The normalized spacial score (nSPS) is 13.4. The van der Waals surface area contributed by atoms with E-state index in [1.807, 2.05) is 0 Å². The second-order valence-corrected chi connectivity index (χ2v) is 19.8. The smallest absolute Gasteiger partial charge is 0.306 e. The Balaban J connectivity index is 4.49. The Bertz CT molecular complexity index is 1870. The van der Waals surface area contributed by atoms with Crippen LogP contribution < -0.4 is 0 Å². The van der Waals surface area contributed by atoms with E-state index in [0.29, 0.717) is 12.8 Å². The third-order valence-corrected chi connectivity index (χ3v) is 12.4. The maximum atomic E-state index is 12.9. The van der Waals surface area contributed by atoms with E-state index in [1.165, 1.54) is 12.8 Å². The molecule has 0 aromatic rings. The molecule has 0 aliphatic rings. The van der Waals surface area contributed by atoms with Crippen LogP contribution in [0.2, 0.25) is 0 Å². The van der Waals surface area contributed by atoms with Crippen molar-refractivity contribution in [2.24, 2.45) is 0 Å². The second-order valence-electron chi connectivity index (χ2n) is 19.8. The van der Waals surface area contributed by atoms with Crippen LogP contribution in [-0.4, -0.2) is 37.2 Å². The van der Waals surface area contributed by atoms with Crippen LogP contribution in [0.25, 0.3) is 0 Å². The summed E-state index contributed by atoms with van der Waals surface area (Å²) in [7, 11) is 0. The Labute approximate surface area is 484 Å². The first-order chi connectivity index (χ1) is 39.0. The molecule has 0 spiro atoms. The van der Waals surface area contributed by atoms with E-state index in [4.69, 9.17) is 14.2 Å². The Morgan fingerprint density at radius 3 is 0.722 bits per heavy atom. The minimum atomic E-state index is -0.823. The summed E-state index contributed by atoms with van der Waals surface area (Å²) >= 11 is 0. The van der Waals surface area contributed by atoms with Gasteiger partial charge in [0.2, 0.25) is 0 Å². The third-order valence-electron chi connectivity index (χ3n) is 12.4. The van der Waals surface area contributed by atoms with E-state index >= 15 is 0 Å². The van der Waals surface area contributed by atoms with Gasteiger partial charge in [-0.3, -0.25) is 14.4 Å². The van der Waals surface area contributed by atoms with Crippen molar-refractivity contribution in [3.63, 3.8) is 0 Å². The average molecular weight is 1090 g/mol. The van der Waals surface area contributed by atoms with Gasteiger partial charge in [0.25, 0.3) is 0 Å². The van der Waals surface area contributed by atoms with Crippen molar-refractivity contribution in [1.29, 1.82) is 0 Å². The summed E-state index contributed by atoms with van der Waals surface area (Å²) in [6.07, 6.45) is 97.5. The molecule has 0 amide bonds. The Morgan fingerprint density at radius 2 is 0.456 bits per heavy atom. The molecule has 0 saturated carbocycles. The van der Waals surface area contributed by atoms with E-state index in [1.54, 1.807) is 0 Å². The predicted molar refractivity (Wildman–Crippen MR) is 343 cm³/mol. The van der Waals surface area contributed by atoms with E-state index in [9.17, 15) is 14.4 Å². The lowest BCUT2D eigenvalue weighted by molar-refractivity contribution is -0.167. The average Bonchev–Trinajstić information content (AvgIpc) is 3.45. The molecule has 440 valence electrons. The standard InChI is InChI=1S/C73H112O6/c1-4-7-10-13-16-19-22-25-27-29-31-33-35-36-38-39-41-43-45-48-51-54-57-60-63-66-72(75)78-69-70(68-77-71(74)65-62-59-56-53-50-47-24-21-18-15-12-9-6-3)79-73(76)67-64-61-58-55-52-49-46-44-42-40-37-34-32-30-28-26-23-20-17-14-11-8-5-2/h7-12,16-21,25-28,31-34,36,38,40-43,46-47,49-50,70H,4-6,13-15,22-24,29-30,35,37,39,44-45,48,51-69H2,1-3H3/b10-7-,11-8-,12-9-,19-16-,20-17-,21-18-,27-25-,28-26-,33-31-,34-32-,38-36-,42-40-,43-41-,49-46-,50-47-. The molecule has 0 rings (SSSR count). The van der Waals surface area contributed by atoms with Gasteiger partial charge < -0.3 is 14.2 Å². The van der Waals surface area contributed by atoms with E-state index in [2.05, 4.69) is 203 Å². The van der Waals surface area contributed by atoms with Crippen LogP contribution in [0.15, 0.2) is 182 Å². The van der Waals surface area contributed by atoms with Crippen molar-refractivity contribution in [1.82, 2.24) is 0 Å². The van der Waals surface area contributed by atoms with Gasteiger partial charge in [-0.05, 0) is 154 Å². The Morgan fingerprint density at radius 1 is 0.253 bits per heavy atom. The highest BCUT2D eigenvalue weighted by Crippen LogP contribution is 2.13. The molecule has 0 saturated heterocycles. The quantitative estimate of drug-likeness (QED) is 0.0261. The molecule has 79 heavy (non-hydrogen) atoms. The Kier molecular flexibility index (Phi) is 60.5. The van der Waals surface area contributed by atoms with Crippen molar-refractivity contribution in [3.05, 3.63) is 182 Å². The third kappa shape index (κ3) is 63.2. The van der Waals surface area contributed by atoms with Gasteiger partial charge in [0.1, 0.15) is 13.2 Å². The molecule has 1 atom stereocenters. The first-order valence-electron chi connectivity index (χ1n) is 31.3. The molecule has 0 aromatic heterocycles. The largest absolute Gasteiger partial charge is 0.462 e. The molecule has 1 unspecified atom stereocenters. The summed E-state index contributed by atoms with van der Waals surface area (Å²) in [6, 6.07) is 0. The summed E-state index contributed by atoms with van der Waals surface area (Å²) in [5, 5.41) is 0. The fourth-order valence-corrected chi connectivity index (χ4v) is 7.81. The molecule has 6 heteroatoms. The molecule has 0 heterocycles. The van der Waals surface area contributed by atoms with Gasteiger partial charge in [-0.15, -0.1) is 0 Å². The monoisotopic (exact) mass is 1080 g/mol. The number of unbranched alkanes of at least 4 members (excludes halogenated alkanes) is 13. The summed E-state index contributed by atoms with van der Waals surface area (Å²) in [4.78, 5) is 38.3. The van der Waals surface area contributed by atoms with Crippen LogP contribution in [0.4, 0.5) is 0 Å². The molecule has 0 aromatic carbocycles. The van der Waals surface area contributed by atoms with Crippen LogP contribution >= 0.6 is 0 Å². The minimum Gasteiger partial charge on any atom is -0.462 e. The van der Waals surface area contributed by atoms with E-state index in [0.717, 1.165) is 186 Å². The van der Waals surface area contributed by atoms with Gasteiger partial charge in [-0.1, -0.05) is 248 Å². The van der Waals surface area contributed by atoms with Crippen LogP contribution in [0.1, 0.15) is 239 Å². The highest BCUT2D eigenvalue weighted by atomic mass is 16.6. The number of ether oxygens (including phenoxy) is 3. The van der Waals surface area contributed by atoms with Crippen molar-refractivity contribution >= 4 is 17.9 Å². The molecule has 0 aliphatic heterocycles. The van der Waals surface area contributed by atoms with Crippen molar-refractivity contribution < 1.29 is 28.6 Å². The number of carbonyl (C=O) groups excluding carboxylic acids is 3. The first kappa shape index (κ1) is 73.5. The van der Waals surface area contributed by atoms with Gasteiger partial charge >= 0.3 is 17.9 Å². The zero-order chi connectivity index (χ0) is 57.1. The minimum absolute atomic E-state index is 0.116. The van der Waals surface area contributed by atoms with Crippen LogP contribution in [0.3, 0.4) is 0 Å². The van der Waals surface area contributed by atoms with Gasteiger partial charge in [-0.25, -0.2) is 0 Å². The predicted octanol–water partition coefficient (Wildman–Crippen LogP) is 21.7. The van der Waals surface area contributed by atoms with Gasteiger partial charge in [0.05, 0.1) is 0 Å². The zero-order valence-electron chi connectivity index (χ0n) is 50.3. The maximum Gasteiger partial charge on any atom is 0.306 e. The van der Waals surface area contributed by atoms with Gasteiger partial charge in [0.15, 0.2) is 6.10 Å². The number of esters is 3. The lowest BCUT2D eigenvalue weighted by Gasteiger charge is -2.18. The molecule has 0 fully saturated rings. The number of hydrogen-bond donors (Lipinski definition) is 0. The Hall–Kier alpha value is -5.49. The van der Waals surface area contributed by atoms with Crippen molar-refractivity contribution in [2.75, 3.05) is 13.2 Å². The highest BCUT2D eigenvalue weighted by Gasteiger charge is 2.19. The number of carbonyl (C=O) groups is 3. The molecular weight excluding hydrogens is 973 g/mol. The van der Waals surface area contributed by atoms with Crippen molar-refractivity contribution in [2.45, 2.75) is 245 Å². The van der Waals surface area contributed by atoms with E-state index in [-0.39, 0.29) is 37.5 Å². The molecule has 0 N–H and O–H groups in total. The lowest BCUT2D eigenvalue weighted by atomic mass is 10.1. The number of rotatable bonds is 54. The summed E-state index contributed by atoms with van der Waals surface area (Å²) in [5.41, 5.74) is 0. The van der Waals surface area contributed by atoms with Crippen LogP contribution in [-0.2, 0) is 28.6 Å². The molecule has 0 bridgehead atoms. The lowest BCUT2D eigenvalue weighted by Crippen LogP contribution is -2.30. The van der Waals surface area contributed by atoms with Crippen molar-refractivity contribution in [3.8, 4) is 0 Å². The molecular formula is C73H112O6. The van der Waals surface area contributed by atoms with Gasteiger partial charge in [-0.2, -0.15) is 0 Å². The molecule has 6 nitrogen and oxygen atoms in total. The fourth-order valence-electron chi connectivity index (χ4n) is 7.81. The molecule has 0 radical (unpaired) electrons. The topological polar surface area (TPSA) is 78.9 Å². The van der Waals surface area contributed by atoms with Crippen LogP contribution in [0, 0.1) is 0 Å². The highest BCUT2D eigenvalue weighted by molar-refractivity contribution is 5.71.